The van der Waals surface area contributed by atoms with Gasteiger partial charge in [0.15, 0.2) is 0 Å². The molecule has 10 heteroatoms. The van der Waals surface area contributed by atoms with Gasteiger partial charge in [-0.1, -0.05) is 0 Å². The van der Waals surface area contributed by atoms with Gasteiger partial charge >= 0.3 is 11.1 Å². The summed E-state index contributed by atoms with van der Waals surface area (Å²) in [5.41, 5.74) is 0.890. The van der Waals surface area contributed by atoms with Crippen LogP contribution in [0.15, 0.2) is 52.1 Å². The highest BCUT2D eigenvalue weighted by Gasteiger charge is 2.19. The molecule has 33 heavy (non-hydrogen) atoms. The Kier molecular flexibility index (Phi) is 7.07. The molecule has 0 radical (unpaired) electrons. The van der Waals surface area contributed by atoms with E-state index < -0.39 is 11.1 Å². The topological polar surface area (TPSA) is 133 Å². The number of anilines is 2. The summed E-state index contributed by atoms with van der Waals surface area (Å²) in [6, 6.07) is 11.3. The van der Waals surface area contributed by atoms with Crippen LogP contribution in [0.4, 0.5) is 11.4 Å². The Morgan fingerprint density at radius 2 is 1.61 bits per heavy atom. The maximum atomic E-state index is 13.0. The number of H-pyrrole nitrogens is 1. The molecule has 0 bridgehead atoms. The summed E-state index contributed by atoms with van der Waals surface area (Å²) in [6.45, 7) is 5.35. The molecule has 1 heterocycles. The third kappa shape index (κ3) is 5.35. The van der Waals surface area contributed by atoms with Crippen molar-refractivity contribution < 1.29 is 14.4 Å². The maximum Gasteiger partial charge on any atom is 0.316 e. The first-order valence-electron chi connectivity index (χ1n) is 10.5. The van der Waals surface area contributed by atoms with E-state index in [2.05, 4.69) is 15.6 Å². The Bertz CT molecular complexity index is 1320. The first-order valence-corrected chi connectivity index (χ1v) is 10.5. The number of amides is 3. The molecule has 1 aromatic heterocycles. The summed E-state index contributed by atoms with van der Waals surface area (Å²) in [7, 11) is 0. The highest BCUT2D eigenvalue weighted by molar-refractivity contribution is 6.01. The van der Waals surface area contributed by atoms with E-state index in [-0.39, 0.29) is 36.4 Å². The Labute approximate surface area is 189 Å². The zero-order valence-electron chi connectivity index (χ0n) is 18.6. The van der Waals surface area contributed by atoms with Crippen LogP contribution < -0.4 is 21.8 Å². The van der Waals surface area contributed by atoms with Crippen LogP contribution in [0.5, 0.6) is 0 Å². The molecule has 0 aliphatic carbocycles. The minimum atomic E-state index is -0.759. The van der Waals surface area contributed by atoms with Gasteiger partial charge in [-0.05, 0) is 56.3 Å². The summed E-state index contributed by atoms with van der Waals surface area (Å²) in [6.07, 6.45) is 0. The van der Waals surface area contributed by atoms with E-state index >= 15 is 0 Å². The van der Waals surface area contributed by atoms with Crippen LogP contribution in [-0.2, 0) is 16.1 Å². The van der Waals surface area contributed by atoms with Gasteiger partial charge in [-0.15, -0.1) is 0 Å². The van der Waals surface area contributed by atoms with Crippen LogP contribution in [0, 0.1) is 0 Å². The van der Waals surface area contributed by atoms with Gasteiger partial charge in [-0.2, -0.15) is 0 Å². The van der Waals surface area contributed by atoms with Crippen LogP contribution >= 0.6 is 0 Å². The lowest BCUT2D eigenvalue weighted by Gasteiger charge is -2.21. The number of aromatic nitrogens is 2. The molecule has 0 fully saturated rings. The van der Waals surface area contributed by atoms with Crippen molar-refractivity contribution in [2.24, 2.45) is 0 Å². The molecular formula is C23H25N5O5. The number of likely N-dealkylation sites (N-methyl/N-ethyl adjacent to an activating group) is 1. The molecule has 0 spiro atoms. The molecular weight excluding hydrogens is 426 g/mol. The summed E-state index contributed by atoms with van der Waals surface area (Å²) in [4.78, 5) is 64.4. The first-order chi connectivity index (χ1) is 15.7. The number of aryl methyl sites for hydroxylation is 1. The lowest BCUT2D eigenvalue weighted by Crippen LogP contribution is -2.38. The Morgan fingerprint density at radius 3 is 2.18 bits per heavy atom. The Balaban J connectivity index is 1.75. The van der Waals surface area contributed by atoms with Crippen LogP contribution in [0.2, 0.25) is 0 Å². The number of hydrogen-bond acceptors (Lipinski definition) is 5. The van der Waals surface area contributed by atoms with E-state index in [1.807, 2.05) is 0 Å². The maximum absolute atomic E-state index is 13.0. The fourth-order valence-corrected chi connectivity index (χ4v) is 3.45. The highest BCUT2D eigenvalue weighted by Crippen LogP contribution is 2.15. The van der Waals surface area contributed by atoms with Gasteiger partial charge in [0.2, 0.25) is 11.8 Å². The van der Waals surface area contributed by atoms with Gasteiger partial charge in [-0.3, -0.25) is 24.0 Å². The lowest BCUT2D eigenvalue weighted by molar-refractivity contribution is -0.117. The third-order valence-electron chi connectivity index (χ3n) is 5.03. The number of fused-ring (bicyclic) bond motifs is 1. The SMILES string of the molecule is CCN(CC(=O)Nc1ccc(NC(C)=O)cc1)C(=O)c1ccc2c(c1)[nH]c(=O)c(=O)n2CC. The predicted octanol–water partition coefficient (Wildman–Crippen LogP) is 1.77. The fourth-order valence-electron chi connectivity index (χ4n) is 3.45. The number of nitrogens with one attached hydrogen (secondary N) is 3. The smallest absolute Gasteiger partial charge is 0.316 e. The van der Waals surface area contributed by atoms with Crippen molar-refractivity contribution in [2.75, 3.05) is 23.7 Å². The van der Waals surface area contributed by atoms with Crippen molar-refractivity contribution >= 4 is 40.1 Å². The van der Waals surface area contributed by atoms with Gasteiger partial charge in [-0.25, -0.2) is 0 Å². The molecule has 0 aliphatic rings. The summed E-state index contributed by atoms with van der Waals surface area (Å²) in [5, 5.41) is 5.36. The minimum absolute atomic E-state index is 0.175. The number of hydrogen-bond donors (Lipinski definition) is 3. The number of rotatable bonds is 7. The largest absolute Gasteiger partial charge is 0.330 e. The average Bonchev–Trinajstić information content (AvgIpc) is 2.78. The van der Waals surface area contributed by atoms with Gasteiger partial charge in [0.25, 0.3) is 5.91 Å². The predicted molar refractivity (Wildman–Crippen MR) is 125 cm³/mol. The van der Waals surface area contributed by atoms with Crippen molar-refractivity contribution in [3.63, 3.8) is 0 Å². The van der Waals surface area contributed by atoms with E-state index in [0.717, 1.165) is 0 Å². The first kappa shape index (κ1) is 23.5. The molecule has 3 amide bonds. The van der Waals surface area contributed by atoms with Crippen molar-refractivity contribution in [1.29, 1.82) is 0 Å². The molecule has 0 atom stereocenters. The monoisotopic (exact) mass is 451 g/mol. The van der Waals surface area contributed by atoms with Crippen LogP contribution in [0.25, 0.3) is 11.0 Å². The molecule has 0 aliphatic heterocycles. The number of aromatic amines is 1. The molecule has 3 rings (SSSR count). The summed E-state index contributed by atoms with van der Waals surface area (Å²) >= 11 is 0. The second kappa shape index (κ2) is 9.94. The van der Waals surface area contributed by atoms with Gasteiger partial charge < -0.3 is 25.1 Å². The second-order valence-corrected chi connectivity index (χ2v) is 7.36. The fraction of sp³-hybridized carbons (Fsp3) is 0.261. The average molecular weight is 451 g/mol. The number of nitrogens with zero attached hydrogens (tertiary/aromatic N) is 2. The van der Waals surface area contributed by atoms with E-state index in [9.17, 15) is 24.0 Å². The van der Waals surface area contributed by atoms with E-state index in [4.69, 9.17) is 0 Å². The normalized spacial score (nSPS) is 10.6. The second-order valence-electron chi connectivity index (χ2n) is 7.36. The standard InChI is InChI=1S/C23H25N5O5/c1-4-27(13-20(30)25-17-9-7-16(8-10-17)24-14(3)29)22(32)15-6-11-19-18(12-15)26-21(31)23(33)28(19)5-2/h6-12H,4-5,13H2,1-3H3,(H,24,29)(H,25,30)(H,26,31). The zero-order chi connectivity index (χ0) is 24.1. The summed E-state index contributed by atoms with van der Waals surface area (Å²) < 4.78 is 1.34. The molecule has 0 saturated heterocycles. The highest BCUT2D eigenvalue weighted by atomic mass is 16.2. The van der Waals surface area contributed by atoms with E-state index in [0.29, 0.717) is 29.0 Å². The number of carbonyl (C=O) groups is 3. The van der Waals surface area contributed by atoms with Crippen LogP contribution in [-0.4, -0.2) is 45.3 Å². The zero-order valence-corrected chi connectivity index (χ0v) is 18.6. The van der Waals surface area contributed by atoms with Crippen molar-refractivity contribution in [3.8, 4) is 0 Å². The van der Waals surface area contributed by atoms with Gasteiger partial charge in [0, 0.05) is 37.0 Å². The van der Waals surface area contributed by atoms with Crippen molar-refractivity contribution in [2.45, 2.75) is 27.3 Å². The number of carbonyl (C=O) groups excluding carboxylic acids is 3. The van der Waals surface area contributed by atoms with E-state index in [1.165, 1.54) is 22.5 Å². The van der Waals surface area contributed by atoms with Gasteiger partial charge in [0.05, 0.1) is 11.0 Å². The Hall–Kier alpha value is -4.21. The quantitative estimate of drug-likeness (QED) is 0.471. The van der Waals surface area contributed by atoms with E-state index in [1.54, 1.807) is 50.2 Å². The van der Waals surface area contributed by atoms with Gasteiger partial charge in [0.1, 0.15) is 6.54 Å². The van der Waals surface area contributed by atoms with Crippen LogP contribution in [0.3, 0.4) is 0 Å². The number of benzene rings is 2. The molecule has 10 nitrogen and oxygen atoms in total. The van der Waals surface area contributed by atoms with Crippen molar-refractivity contribution in [1.82, 2.24) is 14.5 Å². The Morgan fingerprint density at radius 1 is 0.970 bits per heavy atom. The molecule has 0 unspecified atom stereocenters. The summed E-state index contributed by atoms with van der Waals surface area (Å²) in [5.74, 6) is -0.961. The molecule has 3 aromatic rings. The van der Waals surface area contributed by atoms with Crippen LogP contribution in [0.1, 0.15) is 31.1 Å². The molecule has 0 saturated carbocycles. The minimum Gasteiger partial charge on any atom is -0.330 e. The third-order valence-corrected chi connectivity index (χ3v) is 5.03. The molecule has 2 aromatic carbocycles. The molecule has 3 N–H and O–H groups in total. The molecule has 172 valence electrons. The lowest BCUT2D eigenvalue weighted by atomic mass is 10.1. The van der Waals surface area contributed by atoms with Crippen molar-refractivity contribution in [3.05, 3.63) is 68.7 Å².